The Morgan fingerprint density at radius 2 is 2.04 bits per heavy atom. The van der Waals surface area contributed by atoms with Crippen molar-refractivity contribution >= 4 is 11.8 Å². The second-order valence-electron chi connectivity index (χ2n) is 6.43. The molecule has 0 aliphatic carbocycles. The number of aromatic carboxylic acids is 1. The van der Waals surface area contributed by atoms with Crippen molar-refractivity contribution in [3.8, 4) is 11.1 Å². The molecular weight excluding hydrogens is 300 g/mol. The summed E-state index contributed by atoms with van der Waals surface area (Å²) >= 11 is 0. The Labute approximate surface area is 143 Å². The zero-order chi connectivity index (χ0) is 17.1. The van der Waals surface area contributed by atoms with Gasteiger partial charge in [-0.2, -0.15) is 0 Å². The van der Waals surface area contributed by atoms with E-state index < -0.39 is 5.97 Å². The fraction of sp³-hybridized carbons (Fsp3) is 0.400. The number of nitrogens with zero attached hydrogens (tertiary/aromatic N) is 2. The molecule has 1 aliphatic rings. The molecule has 0 amide bonds. The molecule has 0 saturated carbocycles. The summed E-state index contributed by atoms with van der Waals surface area (Å²) in [5, 5.41) is 9.92. The maximum Gasteiger partial charge on any atom is 0.340 e. The first kappa shape index (κ1) is 16.5. The summed E-state index contributed by atoms with van der Waals surface area (Å²) in [4.78, 5) is 19.0. The summed E-state index contributed by atoms with van der Waals surface area (Å²) in [6.07, 6.45) is 4.40. The van der Waals surface area contributed by atoms with Gasteiger partial charge in [-0.05, 0) is 44.2 Å². The molecule has 1 aromatic carbocycles. The Bertz CT molecular complexity index is 728. The van der Waals surface area contributed by atoms with Gasteiger partial charge in [0.05, 0.1) is 0 Å². The molecule has 1 aliphatic heterocycles. The number of benzene rings is 1. The predicted octanol–water partition coefficient (Wildman–Crippen LogP) is 4.52. The molecule has 1 saturated heterocycles. The number of anilines is 1. The Balaban J connectivity index is 2.19. The molecule has 4 nitrogen and oxygen atoms in total. The van der Waals surface area contributed by atoms with Crippen molar-refractivity contribution in [1.29, 1.82) is 0 Å². The minimum Gasteiger partial charge on any atom is -0.478 e. The Hall–Kier alpha value is -2.36. The number of piperidine rings is 1. The van der Waals surface area contributed by atoms with Crippen molar-refractivity contribution < 1.29 is 9.90 Å². The van der Waals surface area contributed by atoms with Crippen molar-refractivity contribution in [3.05, 3.63) is 47.7 Å². The SMILES string of the molecule is CCC1CCCCN1c1nc(C)cc(-c2ccccc2)c1C(=O)O. The van der Waals surface area contributed by atoms with Gasteiger partial charge in [-0.15, -0.1) is 0 Å². The van der Waals surface area contributed by atoms with Crippen LogP contribution in [0.4, 0.5) is 5.82 Å². The average Bonchev–Trinajstić information content (AvgIpc) is 2.61. The van der Waals surface area contributed by atoms with E-state index in [1.165, 1.54) is 6.42 Å². The largest absolute Gasteiger partial charge is 0.478 e. The number of aromatic nitrogens is 1. The third kappa shape index (κ3) is 3.14. The first-order valence-electron chi connectivity index (χ1n) is 8.68. The van der Waals surface area contributed by atoms with E-state index in [2.05, 4.69) is 16.8 Å². The quantitative estimate of drug-likeness (QED) is 0.898. The van der Waals surface area contributed by atoms with Crippen molar-refractivity contribution in [2.45, 2.75) is 45.6 Å². The molecular formula is C20H24N2O2. The number of pyridine rings is 1. The first-order chi connectivity index (χ1) is 11.6. The summed E-state index contributed by atoms with van der Waals surface area (Å²) in [5.41, 5.74) is 2.86. The third-order valence-electron chi connectivity index (χ3n) is 4.80. The minimum atomic E-state index is -0.906. The molecule has 1 fully saturated rings. The Kier molecular flexibility index (Phi) is 4.84. The number of carboxylic acids is 1. The molecule has 24 heavy (non-hydrogen) atoms. The van der Waals surface area contributed by atoms with Crippen LogP contribution < -0.4 is 4.90 Å². The van der Waals surface area contributed by atoms with Crippen LogP contribution in [0.1, 0.15) is 48.7 Å². The highest BCUT2D eigenvalue weighted by Crippen LogP contribution is 2.34. The van der Waals surface area contributed by atoms with Gasteiger partial charge in [0.25, 0.3) is 0 Å². The lowest BCUT2D eigenvalue weighted by atomic mass is 9.96. The molecule has 1 unspecified atom stereocenters. The van der Waals surface area contributed by atoms with Gasteiger partial charge in [-0.1, -0.05) is 37.3 Å². The topological polar surface area (TPSA) is 53.4 Å². The monoisotopic (exact) mass is 324 g/mol. The number of hydrogen-bond donors (Lipinski definition) is 1. The maximum atomic E-state index is 12.1. The number of rotatable bonds is 4. The smallest absolute Gasteiger partial charge is 0.340 e. The first-order valence-corrected chi connectivity index (χ1v) is 8.68. The van der Waals surface area contributed by atoms with E-state index >= 15 is 0 Å². The highest BCUT2D eigenvalue weighted by Gasteiger charge is 2.28. The maximum absolute atomic E-state index is 12.1. The highest BCUT2D eigenvalue weighted by atomic mass is 16.4. The Morgan fingerprint density at radius 1 is 1.29 bits per heavy atom. The second kappa shape index (κ2) is 7.04. The van der Waals surface area contributed by atoms with E-state index in [-0.39, 0.29) is 0 Å². The van der Waals surface area contributed by atoms with Gasteiger partial charge >= 0.3 is 5.97 Å². The van der Waals surface area contributed by atoms with Crippen LogP contribution in [0.3, 0.4) is 0 Å². The third-order valence-corrected chi connectivity index (χ3v) is 4.80. The number of carboxylic acid groups (broad SMARTS) is 1. The molecule has 126 valence electrons. The average molecular weight is 324 g/mol. The van der Waals surface area contributed by atoms with Crippen LogP contribution in [0.5, 0.6) is 0 Å². The van der Waals surface area contributed by atoms with E-state index in [9.17, 15) is 9.90 Å². The molecule has 1 aromatic heterocycles. The van der Waals surface area contributed by atoms with Crippen LogP contribution in [-0.2, 0) is 0 Å². The van der Waals surface area contributed by atoms with Crippen molar-refractivity contribution in [3.63, 3.8) is 0 Å². The van der Waals surface area contributed by atoms with Gasteiger partial charge in [0.1, 0.15) is 11.4 Å². The van der Waals surface area contributed by atoms with Crippen LogP contribution in [0.2, 0.25) is 0 Å². The number of hydrogen-bond acceptors (Lipinski definition) is 3. The minimum absolute atomic E-state index is 0.326. The summed E-state index contributed by atoms with van der Waals surface area (Å²) in [5.74, 6) is -0.273. The fourth-order valence-corrected chi connectivity index (χ4v) is 3.62. The molecule has 2 aromatic rings. The van der Waals surface area contributed by atoms with Gasteiger partial charge in [0.15, 0.2) is 0 Å². The summed E-state index contributed by atoms with van der Waals surface area (Å²) in [6, 6.07) is 12.0. The molecule has 1 N–H and O–H groups in total. The highest BCUT2D eigenvalue weighted by molar-refractivity contribution is 6.01. The molecule has 4 heteroatoms. The normalized spacial score (nSPS) is 17.8. The van der Waals surface area contributed by atoms with Crippen molar-refractivity contribution in [2.75, 3.05) is 11.4 Å². The van der Waals surface area contributed by atoms with E-state index in [0.29, 0.717) is 17.4 Å². The molecule has 0 radical (unpaired) electrons. The van der Waals surface area contributed by atoms with Crippen LogP contribution in [0.25, 0.3) is 11.1 Å². The van der Waals surface area contributed by atoms with Gasteiger partial charge in [-0.25, -0.2) is 9.78 Å². The lowest BCUT2D eigenvalue weighted by Crippen LogP contribution is -2.40. The van der Waals surface area contributed by atoms with Crippen LogP contribution in [0, 0.1) is 6.92 Å². The van der Waals surface area contributed by atoms with Gasteiger partial charge in [0.2, 0.25) is 0 Å². The van der Waals surface area contributed by atoms with E-state index in [1.54, 1.807) is 0 Å². The van der Waals surface area contributed by atoms with Crippen molar-refractivity contribution in [1.82, 2.24) is 4.98 Å². The van der Waals surface area contributed by atoms with Crippen molar-refractivity contribution in [2.24, 2.45) is 0 Å². The standard InChI is InChI=1S/C20H24N2O2/c1-3-16-11-7-8-12-22(16)19-18(20(23)24)17(13-14(2)21-19)15-9-5-4-6-10-15/h4-6,9-10,13,16H,3,7-8,11-12H2,1-2H3,(H,23,24). The lowest BCUT2D eigenvalue weighted by molar-refractivity contribution is 0.0697. The van der Waals surface area contributed by atoms with Gasteiger partial charge in [0, 0.05) is 23.8 Å². The van der Waals surface area contributed by atoms with E-state index in [1.807, 2.05) is 43.3 Å². The second-order valence-corrected chi connectivity index (χ2v) is 6.43. The Morgan fingerprint density at radius 3 is 2.71 bits per heavy atom. The van der Waals surface area contributed by atoms with Crippen LogP contribution >= 0.6 is 0 Å². The van der Waals surface area contributed by atoms with E-state index in [0.717, 1.165) is 42.6 Å². The van der Waals surface area contributed by atoms with Gasteiger partial charge in [-0.3, -0.25) is 0 Å². The van der Waals surface area contributed by atoms with Crippen LogP contribution in [-0.4, -0.2) is 28.6 Å². The number of carbonyl (C=O) groups is 1. The lowest BCUT2D eigenvalue weighted by Gasteiger charge is -2.37. The zero-order valence-corrected chi connectivity index (χ0v) is 14.3. The summed E-state index contributed by atoms with van der Waals surface area (Å²) in [7, 11) is 0. The number of aryl methyl sites for hydroxylation is 1. The summed E-state index contributed by atoms with van der Waals surface area (Å²) in [6.45, 7) is 4.98. The molecule has 1 atom stereocenters. The zero-order valence-electron chi connectivity index (χ0n) is 14.3. The summed E-state index contributed by atoms with van der Waals surface area (Å²) < 4.78 is 0. The molecule has 3 rings (SSSR count). The molecule has 0 spiro atoms. The van der Waals surface area contributed by atoms with E-state index in [4.69, 9.17) is 0 Å². The fourth-order valence-electron chi connectivity index (χ4n) is 3.62. The molecule has 0 bridgehead atoms. The predicted molar refractivity (Wildman–Crippen MR) is 96.6 cm³/mol. The van der Waals surface area contributed by atoms with Crippen LogP contribution in [0.15, 0.2) is 36.4 Å². The molecule has 2 heterocycles. The van der Waals surface area contributed by atoms with Gasteiger partial charge < -0.3 is 10.0 Å².